The lowest BCUT2D eigenvalue weighted by molar-refractivity contribution is 0.546. The Morgan fingerprint density at radius 2 is 1.68 bits per heavy atom. The van der Waals surface area contributed by atoms with Crippen LogP contribution in [0.15, 0.2) is 30.5 Å². The van der Waals surface area contributed by atoms with Gasteiger partial charge in [0.2, 0.25) is 0 Å². The van der Waals surface area contributed by atoms with E-state index in [9.17, 15) is 0 Å². The van der Waals surface area contributed by atoms with Crippen molar-refractivity contribution in [3.8, 4) is 0 Å². The van der Waals surface area contributed by atoms with Crippen LogP contribution in [0.25, 0.3) is 0 Å². The highest BCUT2D eigenvalue weighted by Crippen LogP contribution is 2.28. The Labute approximate surface area is 133 Å². The van der Waals surface area contributed by atoms with Gasteiger partial charge in [-0.25, -0.2) is 9.97 Å². The molecule has 0 amide bonds. The van der Waals surface area contributed by atoms with Gasteiger partial charge >= 0.3 is 0 Å². The van der Waals surface area contributed by atoms with E-state index in [1.54, 1.807) is 6.20 Å². The predicted octanol–water partition coefficient (Wildman–Crippen LogP) is 4.40. The summed E-state index contributed by atoms with van der Waals surface area (Å²) < 4.78 is 0. The van der Waals surface area contributed by atoms with Crippen molar-refractivity contribution in [2.45, 2.75) is 52.4 Å². The van der Waals surface area contributed by atoms with Crippen molar-refractivity contribution in [2.24, 2.45) is 0 Å². The summed E-state index contributed by atoms with van der Waals surface area (Å²) in [7, 11) is 0. The first kappa shape index (κ1) is 16.3. The lowest BCUT2D eigenvalue weighted by Gasteiger charge is -2.21. The van der Waals surface area contributed by atoms with E-state index in [4.69, 9.17) is 5.73 Å². The molecule has 0 bridgehead atoms. The van der Waals surface area contributed by atoms with Crippen LogP contribution in [0.1, 0.15) is 52.9 Å². The Hall–Kier alpha value is -2.10. The number of nitrogens with one attached hydrogen (secondary N) is 1. The molecule has 0 unspecified atom stereocenters. The molecule has 0 saturated carbocycles. The SMILES string of the molecule is CC(C)(C)c1cccc(Nc2nc(C(C)(C)C)ncc2N)c1. The second kappa shape index (κ2) is 5.59. The number of nitrogens with zero attached hydrogens (tertiary/aromatic N) is 2. The Kier molecular flexibility index (Phi) is 4.14. The molecule has 0 radical (unpaired) electrons. The molecule has 1 heterocycles. The van der Waals surface area contributed by atoms with Crippen LogP contribution in [-0.4, -0.2) is 9.97 Å². The molecule has 2 rings (SSSR count). The number of nitrogens with two attached hydrogens (primary N) is 1. The molecule has 22 heavy (non-hydrogen) atoms. The van der Waals surface area contributed by atoms with E-state index >= 15 is 0 Å². The van der Waals surface area contributed by atoms with Gasteiger partial charge in [-0.3, -0.25) is 0 Å². The third-order valence-electron chi connectivity index (χ3n) is 3.48. The number of aromatic nitrogens is 2. The van der Waals surface area contributed by atoms with Gasteiger partial charge in [-0.05, 0) is 23.1 Å². The molecule has 2 aromatic rings. The monoisotopic (exact) mass is 298 g/mol. The molecule has 0 saturated heterocycles. The first-order valence-corrected chi connectivity index (χ1v) is 7.58. The largest absolute Gasteiger partial charge is 0.394 e. The van der Waals surface area contributed by atoms with Crippen LogP contribution in [0.5, 0.6) is 0 Å². The van der Waals surface area contributed by atoms with Crippen molar-refractivity contribution >= 4 is 17.2 Å². The van der Waals surface area contributed by atoms with E-state index in [1.165, 1.54) is 5.56 Å². The van der Waals surface area contributed by atoms with Gasteiger partial charge in [0.05, 0.1) is 11.9 Å². The van der Waals surface area contributed by atoms with E-state index in [2.05, 4.69) is 69.0 Å². The summed E-state index contributed by atoms with van der Waals surface area (Å²) in [5.41, 5.74) is 8.80. The molecule has 1 aromatic heterocycles. The molecule has 0 atom stereocenters. The van der Waals surface area contributed by atoms with E-state index in [-0.39, 0.29) is 10.8 Å². The maximum Gasteiger partial charge on any atom is 0.157 e. The fraction of sp³-hybridized carbons (Fsp3) is 0.444. The molecule has 0 aliphatic carbocycles. The molecular weight excluding hydrogens is 272 g/mol. The fourth-order valence-corrected chi connectivity index (χ4v) is 2.05. The summed E-state index contributed by atoms with van der Waals surface area (Å²) in [6.45, 7) is 12.8. The standard InChI is InChI=1S/C18H26N4/c1-17(2,3)12-8-7-9-13(10-12)21-15-14(19)11-20-16(22-15)18(4,5)6/h7-11H,19H2,1-6H3,(H,20,21,22). The molecule has 0 aliphatic rings. The van der Waals surface area contributed by atoms with Crippen molar-refractivity contribution in [3.05, 3.63) is 41.9 Å². The van der Waals surface area contributed by atoms with Gasteiger partial charge < -0.3 is 11.1 Å². The Morgan fingerprint density at radius 1 is 1.00 bits per heavy atom. The molecule has 0 spiro atoms. The van der Waals surface area contributed by atoms with Crippen molar-refractivity contribution in [2.75, 3.05) is 11.1 Å². The average molecular weight is 298 g/mol. The lowest BCUT2D eigenvalue weighted by Crippen LogP contribution is -2.17. The molecule has 1 aromatic carbocycles. The molecule has 4 heteroatoms. The maximum absolute atomic E-state index is 6.02. The van der Waals surface area contributed by atoms with Crippen molar-refractivity contribution in [1.82, 2.24) is 9.97 Å². The minimum absolute atomic E-state index is 0.103. The molecular formula is C18H26N4. The molecule has 0 fully saturated rings. The third kappa shape index (κ3) is 3.75. The molecule has 3 N–H and O–H groups in total. The molecule has 0 aliphatic heterocycles. The average Bonchev–Trinajstić information content (AvgIpc) is 2.39. The summed E-state index contributed by atoms with van der Waals surface area (Å²) in [5, 5.41) is 3.32. The van der Waals surface area contributed by atoms with E-state index in [0.29, 0.717) is 11.5 Å². The smallest absolute Gasteiger partial charge is 0.157 e. The van der Waals surface area contributed by atoms with E-state index in [1.807, 2.05) is 12.1 Å². The van der Waals surface area contributed by atoms with Gasteiger partial charge in [-0.2, -0.15) is 0 Å². The van der Waals surface area contributed by atoms with Gasteiger partial charge in [0.25, 0.3) is 0 Å². The topological polar surface area (TPSA) is 63.8 Å². The van der Waals surface area contributed by atoms with Gasteiger partial charge in [0, 0.05) is 11.1 Å². The second-order valence-corrected chi connectivity index (χ2v) is 7.70. The third-order valence-corrected chi connectivity index (χ3v) is 3.48. The molecule has 4 nitrogen and oxygen atoms in total. The van der Waals surface area contributed by atoms with E-state index in [0.717, 1.165) is 11.5 Å². The Balaban J connectivity index is 2.35. The van der Waals surface area contributed by atoms with Crippen LogP contribution in [0.2, 0.25) is 0 Å². The number of hydrogen-bond donors (Lipinski definition) is 2. The normalized spacial score (nSPS) is 12.3. The fourth-order valence-electron chi connectivity index (χ4n) is 2.05. The zero-order valence-corrected chi connectivity index (χ0v) is 14.4. The van der Waals surface area contributed by atoms with Crippen LogP contribution in [0, 0.1) is 0 Å². The van der Waals surface area contributed by atoms with Crippen LogP contribution in [0.4, 0.5) is 17.2 Å². The number of hydrogen-bond acceptors (Lipinski definition) is 4. The summed E-state index contributed by atoms with van der Waals surface area (Å²) in [6.07, 6.45) is 1.67. The Morgan fingerprint density at radius 3 is 2.27 bits per heavy atom. The highest BCUT2D eigenvalue weighted by molar-refractivity contribution is 5.68. The number of anilines is 3. The quantitative estimate of drug-likeness (QED) is 0.862. The second-order valence-electron chi connectivity index (χ2n) is 7.70. The van der Waals surface area contributed by atoms with Gasteiger partial charge in [-0.15, -0.1) is 0 Å². The lowest BCUT2D eigenvalue weighted by atomic mass is 9.87. The van der Waals surface area contributed by atoms with Crippen LogP contribution >= 0.6 is 0 Å². The number of nitrogen functional groups attached to an aromatic ring is 1. The summed E-state index contributed by atoms with van der Waals surface area (Å²) in [6, 6.07) is 8.34. The van der Waals surface area contributed by atoms with Crippen molar-refractivity contribution in [3.63, 3.8) is 0 Å². The van der Waals surface area contributed by atoms with Crippen LogP contribution < -0.4 is 11.1 Å². The predicted molar refractivity (Wildman–Crippen MR) is 93.6 cm³/mol. The minimum Gasteiger partial charge on any atom is -0.394 e. The zero-order chi connectivity index (χ0) is 16.5. The minimum atomic E-state index is -0.114. The van der Waals surface area contributed by atoms with Gasteiger partial charge in [-0.1, -0.05) is 53.7 Å². The molecule has 118 valence electrons. The zero-order valence-electron chi connectivity index (χ0n) is 14.4. The number of benzene rings is 1. The first-order chi connectivity index (χ1) is 10.1. The van der Waals surface area contributed by atoms with Crippen LogP contribution in [-0.2, 0) is 10.8 Å². The van der Waals surface area contributed by atoms with Gasteiger partial charge in [0.15, 0.2) is 5.82 Å². The number of rotatable bonds is 2. The van der Waals surface area contributed by atoms with Gasteiger partial charge in [0.1, 0.15) is 5.82 Å². The van der Waals surface area contributed by atoms with Crippen molar-refractivity contribution in [1.29, 1.82) is 0 Å². The van der Waals surface area contributed by atoms with Crippen LogP contribution in [0.3, 0.4) is 0 Å². The highest BCUT2D eigenvalue weighted by Gasteiger charge is 2.19. The summed E-state index contributed by atoms with van der Waals surface area (Å²) in [5.74, 6) is 1.43. The van der Waals surface area contributed by atoms with Crippen molar-refractivity contribution < 1.29 is 0 Å². The highest BCUT2D eigenvalue weighted by atomic mass is 15.1. The summed E-state index contributed by atoms with van der Waals surface area (Å²) >= 11 is 0. The van der Waals surface area contributed by atoms with E-state index < -0.39 is 0 Å². The maximum atomic E-state index is 6.02. The summed E-state index contributed by atoms with van der Waals surface area (Å²) in [4.78, 5) is 8.92. The first-order valence-electron chi connectivity index (χ1n) is 7.58. The Bertz CT molecular complexity index is 664.